The van der Waals surface area contributed by atoms with Gasteiger partial charge in [0.2, 0.25) is 0 Å². The highest BCUT2D eigenvalue weighted by Gasteiger charge is 2.63. The third kappa shape index (κ3) is 5.55. The molecule has 0 aliphatic carbocycles. The Labute approximate surface area is 191 Å². The smallest absolute Gasteiger partial charge is 0.463 e. The molecule has 176 valence electrons. The van der Waals surface area contributed by atoms with Crippen molar-refractivity contribution in [1.29, 1.82) is 0 Å². The SMILES string of the molecule is CC1C=CN([C@@H]2O[C@@H]3COP(=O)(OCC[C@H](C)C(=O)OC(C)C)O[C@H]3C2(Cl)Cl)C(=O)N1. The Hall–Kier alpha value is -0.870. The molecule has 0 aromatic carbocycles. The zero-order valence-electron chi connectivity index (χ0n) is 17.7. The van der Waals surface area contributed by atoms with E-state index >= 15 is 0 Å². The number of urea groups is 1. The second-order valence-electron chi connectivity index (χ2n) is 7.97. The van der Waals surface area contributed by atoms with E-state index in [1.807, 2.05) is 6.92 Å². The summed E-state index contributed by atoms with van der Waals surface area (Å²) in [6, 6.07) is -0.590. The topological polar surface area (TPSA) is 113 Å². The molecule has 0 aromatic heterocycles. The van der Waals surface area contributed by atoms with Gasteiger partial charge in [0.1, 0.15) is 12.2 Å². The number of nitrogens with zero attached hydrogens (tertiary/aromatic N) is 1. The molecule has 0 spiro atoms. The molecule has 2 saturated heterocycles. The summed E-state index contributed by atoms with van der Waals surface area (Å²) in [5, 5.41) is 2.71. The summed E-state index contributed by atoms with van der Waals surface area (Å²) in [5.74, 6) is -0.838. The maximum Gasteiger partial charge on any atom is 0.475 e. The van der Waals surface area contributed by atoms with Crippen molar-refractivity contribution >= 4 is 43.0 Å². The lowest BCUT2D eigenvalue weighted by Gasteiger charge is -2.36. The minimum Gasteiger partial charge on any atom is -0.463 e. The molecule has 13 heteroatoms. The van der Waals surface area contributed by atoms with E-state index in [1.54, 1.807) is 26.8 Å². The largest absolute Gasteiger partial charge is 0.475 e. The molecule has 3 rings (SSSR count). The first-order chi connectivity index (χ1) is 14.4. The number of nitrogens with one attached hydrogen (secondary N) is 1. The first-order valence-electron chi connectivity index (χ1n) is 10.0. The van der Waals surface area contributed by atoms with Gasteiger partial charge < -0.3 is 14.8 Å². The molecule has 0 aromatic rings. The lowest BCUT2D eigenvalue weighted by atomic mass is 10.1. The predicted molar refractivity (Wildman–Crippen MR) is 111 cm³/mol. The number of alkyl halides is 2. The average Bonchev–Trinajstić information content (AvgIpc) is 2.91. The molecule has 31 heavy (non-hydrogen) atoms. The fourth-order valence-corrected chi connectivity index (χ4v) is 5.48. The molecule has 1 N–H and O–H groups in total. The van der Waals surface area contributed by atoms with E-state index < -0.39 is 42.5 Å². The molecule has 0 saturated carbocycles. The van der Waals surface area contributed by atoms with Crippen molar-refractivity contribution in [3.05, 3.63) is 12.3 Å². The summed E-state index contributed by atoms with van der Waals surface area (Å²) in [7, 11) is -4.01. The van der Waals surface area contributed by atoms with E-state index in [9.17, 15) is 14.2 Å². The molecule has 3 heterocycles. The van der Waals surface area contributed by atoms with Crippen molar-refractivity contribution in [2.75, 3.05) is 13.2 Å². The number of amides is 2. The number of halogens is 2. The zero-order chi connectivity index (χ0) is 23.0. The number of carbonyl (C=O) groups excluding carboxylic acids is 2. The molecule has 2 amide bonds. The Morgan fingerprint density at radius 1 is 1.42 bits per heavy atom. The molecule has 3 aliphatic rings. The maximum atomic E-state index is 12.9. The van der Waals surface area contributed by atoms with Crippen LogP contribution in [0, 0.1) is 5.92 Å². The number of hydrogen-bond acceptors (Lipinski definition) is 8. The Kier molecular flexibility index (Phi) is 7.63. The number of fused-ring (bicyclic) bond motifs is 1. The van der Waals surface area contributed by atoms with Gasteiger partial charge in [-0.2, -0.15) is 0 Å². The van der Waals surface area contributed by atoms with Gasteiger partial charge >= 0.3 is 19.8 Å². The van der Waals surface area contributed by atoms with E-state index in [-0.39, 0.29) is 37.7 Å². The molecule has 0 bridgehead atoms. The van der Waals surface area contributed by atoms with E-state index in [1.165, 1.54) is 11.1 Å². The van der Waals surface area contributed by atoms with Gasteiger partial charge in [0.15, 0.2) is 10.6 Å². The van der Waals surface area contributed by atoms with Gasteiger partial charge in [0, 0.05) is 12.2 Å². The quantitative estimate of drug-likeness (QED) is 0.321. The van der Waals surface area contributed by atoms with Crippen LogP contribution in [-0.2, 0) is 32.4 Å². The van der Waals surface area contributed by atoms with E-state index in [0.717, 1.165) is 0 Å². The number of carbonyl (C=O) groups is 2. The normalized spacial score (nSPS) is 35.6. The number of ether oxygens (including phenoxy) is 2. The zero-order valence-corrected chi connectivity index (χ0v) is 20.1. The van der Waals surface area contributed by atoms with E-state index in [0.29, 0.717) is 0 Å². The first kappa shape index (κ1) is 24.8. The summed E-state index contributed by atoms with van der Waals surface area (Å²) in [4.78, 5) is 25.4. The highest BCUT2D eigenvalue weighted by atomic mass is 35.5. The van der Waals surface area contributed by atoms with Gasteiger partial charge in [-0.3, -0.25) is 23.3 Å². The lowest BCUT2D eigenvalue weighted by Crippen LogP contribution is -2.54. The number of hydrogen-bond donors (Lipinski definition) is 1. The van der Waals surface area contributed by atoms with Gasteiger partial charge in [-0.25, -0.2) is 9.36 Å². The molecule has 0 radical (unpaired) electrons. The van der Waals surface area contributed by atoms with Crippen molar-refractivity contribution in [3.63, 3.8) is 0 Å². The van der Waals surface area contributed by atoms with Crippen LogP contribution in [0.4, 0.5) is 4.79 Å². The maximum absolute atomic E-state index is 12.9. The highest BCUT2D eigenvalue weighted by molar-refractivity contribution is 7.48. The summed E-state index contributed by atoms with van der Waals surface area (Å²) >= 11 is 13.0. The molecule has 6 atom stereocenters. The molecule has 2 unspecified atom stereocenters. The second kappa shape index (κ2) is 9.55. The minimum absolute atomic E-state index is 0.0694. The summed E-state index contributed by atoms with van der Waals surface area (Å²) in [6.45, 7) is 6.78. The van der Waals surface area contributed by atoms with E-state index in [4.69, 9.17) is 46.2 Å². The number of rotatable bonds is 7. The molecule has 10 nitrogen and oxygen atoms in total. The van der Waals surface area contributed by atoms with Crippen molar-refractivity contribution in [2.45, 2.75) is 69.0 Å². The van der Waals surface area contributed by atoms with Crippen LogP contribution in [-0.4, -0.2) is 65.0 Å². The molecular formula is C18H27Cl2N2O8P. The van der Waals surface area contributed by atoms with E-state index in [2.05, 4.69) is 5.32 Å². The summed E-state index contributed by atoms with van der Waals surface area (Å²) in [6.07, 6.45) is 0.380. The van der Waals surface area contributed by atoms with Crippen LogP contribution in [0.2, 0.25) is 0 Å². The predicted octanol–water partition coefficient (Wildman–Crippen LogP) is 3.33. The Morgan fingerprint density at radius 3 is 2.77 bits per heavy atom. The summed E-state index contributed by atoms with van der Waals surface area (Å²) in [5.41, 5.74) is 0. The molecule has 3 aliphatic heterocycles. The van der Waals surface area contributed by atoms with Crippen molar-refractivity contribution in [2.24, 2.45) is 5.92 Å². The number of phosphoric ester groups is 1. The fourth-order valence-electron chi connectivity index (χ4n) is 3.23. The van der Waals surface area contributed by atoms with Crippen LogP contribution in [0.25, 0.3) is 0 Å². The van der Waals surface area contributed by atoms with Crippen LogP contribution in [0.1, 0.15) is 34.1 Å². The monoisotopic (exact) mass is 500 g/mol. The Morgan fingerprint density at radius 2 is 2.13 bits per heavy atom. The number of esters is 1. The van der Waals surface area contributed by atoms with Crippen LogP contribution >= 0.6 is 31.0 Å². The van der Waals surface area contributed by atoms with Crippen molar-refractivity contribution in [3.8, 4) is 0 Å². The third-order valence-electron chi connectivity index (χ3n) is 4.92. The van der Waals surface area contributed by atoms with Crippen molar-refractivity contribution in [1.82, 2.24) is 10.2 Å². The first-order valence-corrected chi connectivity index (χ1v) is 12.2. The van der Waals surface area contributed by atoms with Gasteiger partial charge in [0.05, 0.1) is 25.2 Å². The summed E-state index contributed by atoms with van der Waals surface area (Å²) < 4.78 is 38.2. The lowest BCUT2D eigenvalue weighted by molar-refractivity contribution is -0.152. The van der Waals surface area contributed by atoms with Crippen LogP contribution in [0.3, 0.4) is 0 Å². The molecular weight excluding hydrogens is 474 g/mol. The Bertz CT molecular complexity index is 780. The third-order valence-corrected chi connectivity index (χ3v) is 7.17. The van der Waals surface area contributed by atoms with Gasteiger partial charge in [0.25, 0.3) is 0 Å². The van der Waals surface area contributed by atoms with Crippen LogP contribution in [0.5, 0.6) is 0 Å². The minimum atomic E-state index is -4.01. The van der Waals surface area contributed by atoms with Gasteiger partial charge in [-0.1, -0.05) is 30.1 Å². The van der Waals surface area contributed by atoms with Crippen molar-refractivity contribution < 1.29 is 37.2 Å². The van der Waals surface area contributed by atoms with Gasteiger partial charge in [-0.05, 0) is 33.3 Å². The van der Waals surface area contributed by atoms with Gasteiger partial charge in [-0.15, -0.1) is 0 Å². The standard InChI is InChI=1S/C18H27Cl2N2O8P/c1-10(2)28-15(23)11(3)6-8-26-31(25)27-9-13-14(30-31)18(19,20)16(29-13)22-7-5-12(4)21-17(22)24/h5,7,10-14,16H,6,8-9H2,1-4H3,(H,21,24)/t11-,12?,13+,14+,16+,31?/m0/s1. The Balaban J connectivity index is 1.60. The molecule has 2 fully saturated rings. The highest BCUT2D eigenvalue weighted by Crippen LogP contribution is 2.59. The van der Waals surface area contributed by atoms with Crippen LogP contribution < -0.4 is 5.32 Å². The number of phosphoric acid groups is 1. The average molecular weight is 501 g/mol. The fraction of sp³-hybridized carbons (Fsp3) is 0.778. The van der Waals surface area contributed by atoms with Crippen LogP contribution in [0.15, 0.2) is 12.3 Å². The second-order valence-corrected chi connectivity index (χ2v) is 11.0.